The van der Waals surface area contributed by atoms with Gasteiger partial charge in [-0.15, -0.1) is 0 Å². The number of carbonyl (C=O) groups is 1. The first-order valence-electron chi connectivity index (χ1n) is 20.5. The Morgan fingerprint density at radius 2 is 1.26 bits per heavy atom. The van der Waals surface area contributed by atoms with Gasteiger partial charge in [-0.05, 0) is 51.4 Å². The summed E-state index contributed by atoms with van der Waals surface area (Å²) in [5, 5.41) is 54.9. The van der Waals surface area contributed by atoms with Crippen LogP contribution in [0.1, 0.15) is 149 Å². The molecule has 0 bridgehead atoms. The molecular weight excluding hydrogens is 719 g/mol. The van der Waals surface area contributed by atoms with Gasteiger partial charge in [-0.25, -0.2) is 4.18 Å². The lowest BCUT2D eigenvalue weighted by molar-refractivity contribution is -0.298. The number of hydrogen-bond acceptors (Lipinski definition) is 11. The van der Waals surface area contributed by atoms with Crippen LogP contribution in [0.4, 0.5) is 0 Å². The highest BCUT2D eigenvalue weighted by Crippen LogP contribution is 2.26. The second-order valence-corrected chi connectivity index (χ2v) is 15.4. The van der Waals surface area contributed by atoms with Crippen molar-refractivity contribution in [2.24, 2.45) is 0 Å². The first-order valence-corrected chi connectivity index (χ1v) is 21.8. The maximum absolute atomic E-state index is 13.0. The highest BCUT2D eigenvalue weighted by Gasteiger charge is 2.48. The van der Waals surface area contributed by atoms with Crippen LogP contribution in [0.2, 0.25) is 0 Å². The van der Waals surface area contributed by atoms with Crippen LogP contribution in [0.15, 0.2) is 36.5 Å². The summed E-state index contributed by atoms with van der Waals surface area (Å²) in [6.07, 6.45) is 22.5. The summed E-state index contributed by atoms with van der Waals surface area (Å²) in [4.78, 5) is 13.0. The first-order chi connectivity index (χ1) is 25.9. The summed E-state index contributed by atoms with van der Waals surface area (Å²) >= 11 is 0. The molecule has 1 aliphatic heterocycles. The van der Waals surface area contributed by atoms with E-state index in [0.717, 1.165) is 51.4 Å². The first kappa shape index (κ1) is 50.3. The van der Waals surface area contributed by atoms with E-state index in [1.54, 1.807) is 6.08 Å². The molecule has 1 amide bonds. The van der Waals surface area contributed by atoms with Crippen molar-refractivity contribution >= 4 is 16.3 Å². The Morgan fingerprint density at radius 3 is 1.83 bits per heavy atom. The quantitative estimate of drug-likeness (QED) is 0.0241. The third-order valence-electron chi connectivity index (χ3n) is 9.50. The molecule has 1 saturated heterocycles. The third kappa shape index (κ3) is 24.0. The van der Waals surface area contributed by atoms with E-state index in [2.05, 4.69) is 47.7 Å². The van der Waals surface area contributed by atoms with Crippen LogP contribution in [0.5, 0.6) is 0 Å². The molecule has 8 atom stereocenters. The van der Waals surface area contributed by atoms with E-state index in [0.29, 0.717) is 12.8 Å². The van der Waals surface area contributed by atoms with E-state index < -0.39 is 78.5 Å². The summed E-state index contributed by atoms with van der Waals surface area (Å²) in [5.74, 6) is -0.726. The van der Waals surface area contributed by atoms with Crippen molar-refractivity contribution < 1.29 is 57.0 Å². The standard InChI is InChI=1S/C40H73NO12S/c1-3-5-7-9-11-13-15-16-17-18-19-21-22-24-26-28-33(43)32(41-39(47)34(44)29-27-25-23-20-14-12-10-8-6-4-2)31-51-40-37(46)38(53-54(48,49)50)36(45)35(30-42)52-40/h10,12,19,21,26,28,32-38,40,42-46H,3-9,11,13-18,20,22-25,27,29-31H2,1-2H3,(H,41,47)(H,48,49,50)/b12-10-,21-19+,28-26+. The maximum Gasteiger partial charge on any atom is 0.397 e. The van der Waals surface area contributed by atoms with Crippen molar-refractivity contribution in [2.45, 2.75) is 198 Å². The lowest BCUT2D eigenvalue weighted by Crippen LogP contribution is -2.61. The molecule has 0 aromatic rings. The summed E-state index contributed by atoms with van der Waals surface area (Å²) < 4.78 is 47.3. The topological polar surface area (TPSA) is 212 Å². The summed E-state index contributed by atoms with van der Waals surface area (Å²) in [5.41, 5.74) is 0. The van der Waals surface area contributed by atoms with Gasteiger partial charge < -0.3 is 40.3 Å². The molecular formula is C40H73NO12S. The number of amides is 1. The van der Waals surface area contributed by atoms with E-state index in [1.807, 2.05) is 0 Å². The van der Waals surface area contributed by atoms with Gasteiger partial charge in [-0.1, -0.05) is 134 Å². The Kier molecular flexibility index (Phi) is 29.2. The highest BCUT2D eigenvalue weighted by molar-refractivity contribution is 7.80. The van der Waals surface area contributed by atoms with E-state index in [-0.39, 0.29) is 6.42 Å². The van der Waals surface area contributed by atoms with Gasteiger partial charge in [-0.2, -0.15) is 8.42 Å². The Bertz CT molecular complexity index is 1130. The lowest BCUT2D eigenvalue weighted by Gasteiger charge is -2.41. The van der Waals surface area contributed by atoms with Crippen LogP contribution in [0.25, 0.3) is 0 Å². The zero-order valence-corrected chi connectivity index (χ0v) is 33.7. The summed E-state index contributed by atoms with van der Waals surface area (Å²) in [6, 6.07) is -1.14. The third-order valence-corrected chi connectivity index (χ3v) is 9.97. The number of unbranched alkanes of at least 4 members (excludes halogenated alkanes) is 16. The van der Waals surface area contributed by atoms with Gasteiger partial charge in [0.1, 0.15) is 30.5 Å². The van der Waals surface area contributed by atoms with E-state index in [4.69, 9.17) is 14.0 Å². The number of hydrogen-bond donors (Lipinski definition) is 7. The number of allylic oxidation sites excluding steroid dienone is 5. The summed E-state index contributed by atoms with van der Waals surface area (Å²) in [6.45, 7) is 3.10. The van der Waals surface area contributed by atoms with Gasteiger partial charge in [0, 0.05) is 0 Å². The number of carbonyl (C=O) groups excluding carboxylic acids is 1. The zero-order chi connectivity index (χ0) is 40.0. The van der Waals surface area contributed by atoms with Crippen molar-refractivity contribution in [3.63, 3.8) is 0 Å². The largest absolute Gasteiger partial charge is 0.397 e. The van der Waals surface area contributed by atoms with Crippen molar-refractivity contribution in [3.05, 3.63) is 36.5 Å². The van der Waals surface area contributed by atoms with Crippen LogP contribution in [-0.4, -0.2) is 107 Å². The number of aliphatic hydroxyl groups excluding tert-OH is 5. The normalized spacial score (nSPS) is 22.7. The average Bonchev–Trinajstić information content (AvgIpc) is 3.14. The molecule has 0 aliphatic carbocycles. The number of aliphatic hydroxyl groups is 5. The fraction of sp³-hybridized carbons (Fsp3) is 0.825. The van der Waals surface area contributed by atoms with Crippen LogP contribution >= 0.6 is 0 Å². The van der Waals surface area contributed by atoms with E-state index in [9.17, 15) is 38.7 Å². The Hall–Kier alpha value is -1.72. The van der Waals surface area contributed by atoms with Crippen molar-refractivity contribution in [3.8, 4) is 0 Å². The molecule has 1 rings (SSSR count). The van der Waals surface area contributed by atoms with Gasteiger partial charge in [0.25, 0.3) is 0 Å². The molecule has 0 aromatic heterocycles. The van der Waals surface area contributed by atoms with Crippen LogP contribution in [0, 0.1) is 0 Å². The smallest absolute Gasteiger partial charge is 0.394 e. The molecule has 0 spiro atoms. The molecule has 316 valence electrons. The average molecular weight is 792 g/mol. The fourth-order valence-corrected chi connectivity index (χ4v) is 6.67. The van der Waals surface area contributed by atoms with Crippen LogP contribution in [0.3, 0.4) is 0 Å². The number of ether oxygens (including phenoxy) is 2. The Labute approximate surface area is 325 Å². The van der Waals surface area contributed by atoms with Gasteiger partial charge in [-0.3, -0.25) is 9.35 Å². The minimum atomic E-state index is -5.12. The molecule has 1 aliphatic rings. The minimum Gasteiger partial charge on any atom is -0.394 e. The Balaban J connectivity index is 2.72. The lowest BCUT2D eigenvalue weighted by atomic mass is 9.99. The highest BCUT2D eigenvalue weighted by atomic mass is 32.3. The number of rotatable bonds is 33. The zero-order valence-electron chi connectivity index (χ0n) is 32.9. The molecule has 14 heteroatoms. The second-order valence-electron chi connectivity index (χ2n) is 14.3. The molecule has 0 saturated carbocycles. The van der Waals surface area contributed by atoms with Gasteiger partial charge in [0.15, 0.2) is 6.29 Å². The Morgan fingerprint density at radius 1 is 0.741 bits per heavy atom. The fourth-order valence-electron chi connectivity index (χ4n) is 6.16. The molecule has 8 unspecified atom stereocenters. The van der Waals surface area contributed by atoms with E-state index >= 15 is 0 Å². The minimum absolute atomic E-state index is 0.220. The molecule has 7 N–H and O–H groups in total. The van der Waals surface area contributed by atoms with Crippen molar-refractivity contribution in [2.75, 3.05) is 13.2 Å². The molecule has 1 heterocycles. The monoisotopic (exact) mass is 791 g/mol. The van der Waals surface area contributed by atoms with Gasteiger partial charge >= 0.3 is 10.4 Å². The van der Waals surface area contributed by atoms with Gasteiger partial charge in [0.2, 0.25) is 5.91 Å². The molecule has 0 radical (unpaired) electrons. The number of nitrogens with one attached hydrogen (secondary N) is 1. The molecule has 0 aromatic carbocycles. The molecule has 1 fully saturated rings. The van der Waals surface area contributed by atoms with Crippen molar-refractivity contribution in [1.82, 2.24) is 5.32 Å². The summed E-state index contributed by atoms with van der Waals surface area (Å²) in [7, 11) is -5.12. The van der Waals surface area contributed by atoms with Crippen LogP contribution < -0.4 is 5.32 Å². The van der Waals surface area contributed by atoms with Gasteiger partial charge in [0.05, 0.1) is 25.4 Å². The predicted octanol–water partition coefficient (Wildman–Crippen LogP) is 5.74. The van der Waals surface area contributed by atoms with E-state index in [1.165, 1.54) is 70.3 Å². The molecule has 13 nitrogen and oxygen atoms in total. The SMILES string of the molecule is CCCC/C=C\CCCCCCC(O)C(=O)NC(COC1OC(CO)C(O)C(OS(=O)(=O)O)C1O)C(O)/C=C/CC/C=C/CCCCCCCCCCC. The predicted molar refractivity (Wildman–Crippen MR) is 210 cm³/mol. The van der Waals surface area contributed by atoms with Crippen LogP contribution in [-0.2, 0) is 28.9 Å². The van der Waals surface area contributed by atoms with Crippen molar-refractivity contribution in [1.29, 1.82) is 0 Å². The maximum atomic E-state index is 13.0. The second kappa shape index (κ2) is 31.4. The molecule has 54 heavy (non-hydrogen) atoms.